The van der Waals surface area contributed by atoms with Crippen molar-refractivity contribution < 1.29 is 13.6 Å². The van der Waals surface area contributed by atoms with E-state index in [0.29, 0.717) is 29.4 Å². The van der Waals surface area contributed by atoms with Crippen LogP contribution in [0, 0.1) is 12.7 Å². The van der Waals surface area contributed by atoms with Crippen molar-refractivity contribution in [3.05, 3.63) is 89.8 Å². The predicted octanol–water partition coefficient (Wildman–Crippen LogP) is 3.90. The minimum absolute atomic E-state index is 0.310. The summed E-state index contributed by atoms with van der Waals surface area (Å²) in [6.45, 7) is 2.17. The van der Waals surface area contributed by atoms with Gasteiger partial charge in [0, 0.05) is 25.0 Å². The predicted molar refractivity (Wildman–Crippen MR) is 101 cm³/mol. The fourth-order valence-electron chi connectivity index (χ4n) is 2.79. The first-order valence-electron chi connectivity index (χ1n) is 8.70. The average molecular weight is 376 g/mol. The molecule has 28 heavy (non-hydrogen) atoms. The first kappa shape index (κ1) is 17.7. The Hall–Kier alpha value is -3.74. The topological polar surface area (TPSA) is 73.0 Å². The number of benzene rings is 1. The first-order valence-corrected chi connectivity index (χ1v) is 8.70. The molecule has 0 saturated heterocycles. The van der Waals surface area contributed by atoms with E-state index in [1.807, 2.05) is 25.1 Å². The quantitative estimate of drug-likeness (QED) is 0.573. The van der Waals surface area contributed by atoms with E-state index in [4.69, 9.17) is 4.42 Å². The number of halogens is 1. The number of hydrogen-bond acceptors (Lipinski definition) is 4. The minimum Gasteiger partial charge on any atom is -0.460 e. The fraction of sp³-hybridized carbons (Fsp3) is 0.0952. The number of pyridine rings is 1. The third kappa shape index (κ3) is 3.68. The van der Waals surface area contributed by atoms with Crippen LogP contribution in [0.2, 0.25) is 0 Å². The van der Waals surface area contributed by atoms with Gasteiger partial charge < -0.3 is 9.73 Å². The van der Waals surface area contributed by atoms with Crippen molar-refractivity contribution in [2.45, 2.75) is 13.5 Å². The van der Waals surface area contributed by atoms with Gasteiger partial charge in [-0.15, -0.1) is 0 Å². The Morgan fingerprint density at radius 2 is 2.00 bits per heavy atom. The van der Waals surface area contributed by atoms with E-state index < -0.39 is 0 Å². The lowest BCUT2D eigenvalue weighted by molar-refractivity contribution is 0.0943. The van der Waals surface area contributed by atoms with Gasteiger partial charge in [-0.05, 0) is 55.0 Å². The molecule has 4 aromatic rings. The lowest BCUT2D eigenvalue weighted by atomic mass is 10.2. The van der Waals surface area contributed by atoms with Gasteiger partial charge in [0.25, 0.3) is 5.91 Å². The zero-order valence-corrected chi connectivity index (χ0v) is 15.1. The van der Waals surface area contributed by atoms with Crippen LogP contribution in [-0.4, -0.2) is 20.7 Å². The Balaban J connectivity index is 1.68. The molecular formula is C21H17FN4O2. The van der Waals surface area contributed by atoms with Crippen molar-refractivity contribution in [3.8, 4) is 17.1 Å². The number of furan rings is 1. The summed E-state index contributed by atoms with van der Waals surface area (Å²) in [5.41, 5.74) is 2.29. The van der Waals surface area contributed by atoms with Gasteiger partial charge in [-0.25, -0.2) is 9.07 Å². The van der Waals surface area contributed by atoms with Crippen LogP contribution in [0.5, 0.6) is 0 Å². The molecule has 0 fully saturated rings. The third-order valence-electron chi connectivity index (χ3n) is 4.18. The van der Waals surface area contributed by atoms with E-state index in [1.54, 1.807) is 36.7 Å². The van der Waals surface area contributed by atoms with Gasteiger partial charge in [0.15, 0.2) is 5.76 Å². The summed E-state index contributed by atoms with van der Waals surface area (Å²) in [4.78, 5) is 16.9. The standard InChI is InChI=1S/C21H17FN4O2/c1-14-4-9-20(28-14)18-11-19(21(27)24-13-15-3-2-10-23-12-15)26(25-18)17-7-5-16(22)6-8-17/h2-12H,13H2,1H3,(H,24,27). The van der Waals surface area contributed by atoms with Crippen molar-refractivity contribution in [1.29, 1.82) is 0 Å². The number of amides is 1. The van der Waals surface area contributed by atoms with Crippen molar-refractivity contribution >= 4 is 5.91 Å². The molecular weight excluding hydrogens is 359 g/mol. The molecule has 3 heterocycles. The van der Waals surface area contributed by atoms with Gasteiger partial charge >= 0.3 is 0 Å². The zero-order chi connectivity index (χ0) is 19.5. The summed E-state index contributed by atoms with van der Waals surface area (Å²) in [5.74, 6) is 0.629. The van der Waals surface area contributed by atoms with Crippen LogP contribution in [0.15, 0.2) is 71.4 Å². The number of carbonyl (C=O) groups excluding carboxylic acids is 1. The van der Waals surface area contributed by atoms with E-state index in [-0.39, 0.29) is 11.7 Å². The van der Waals surface area contributed by atoms with Gasteiger partial charge in [-0.1, -0.05) is 6.07 Å². The van der Waals surface area contributed by atoms with Gasteiger partial charge in [-0.2, -0.15) is 5.10 Å². The van der Waals surface area contributed by atoms with Crippen LogP contribution in [0.4, 0.5) is 4.39 Å². The fourth-order valence-corrected chi connectivity index (χ4v) is 2.79. The van der Waals surface area contributed by atoms with Crippen molar-refractivity contribution in [1.82, 2.24) is 20.1 Å². The van der Waals surface area contributed by atoms with E-state index in [1.165, 1.54) is 16.8 Å². The molecule has 0 aliphatic rings. The Kier molecular flexibility index (Phi) is 4.72. The van der Waals surface area contributed by atoms with Crippen LogP contribution >= 0.6 is 0 Å². The molecule has 3 aromatic heterocycles. The normalized spacial score (nSPS) is 10.8. The zero-order valence-electron chi connectivity index (χ0n) is 15.1. The third-order valence-corrected chi connectivity index (χ3v) is 4.18. The number of aryl methyl sites for hydroxylation is 1. The second-order valence-electron chi connectivity index (χ2n) is 6.26. The second kappa shape index (κ2) is 7.48. The lowest BCUT2D eigenvalue weighted by Crippen LogP contribution is -2.25. The van der Waals surface area contributed by atoms with Crippen LogP contribution < -0.4 is 5.32 Å². The molecule has 6 nitrogen and oxygen atoms in total. The number of hydrogen-bond donors (Lipinski definition) is 1. The molecule has 0 aliphatic carbocycles. The van der Waals surface area contributed by atoms with Crippen LogP contribution in [0.1, 0.15) is 21.8 Å². The van der Waals surface area contributed by atoms with E-state index in [9.17, 15) is 9.18 Å². The summed E-state index contributed by atoms with van der Waals surface area (Å²) in [7, 11) is 0. The highest BCUT2D eigenvalue weighted by atomic mass is 19.1. The highest BCUT2D eigenvalue weighted by Gasteiger charge is 2.19. The molecule has 0 unspecified atom stereocenters. The van der Waals surface area contributed by atoms with Crippen molar-refractivity contribution in [3.63, 3.8) is 0 Å². The van der Waals surface area contributed by atoms with E-state index >= 15 is 0 Å². The van der Waals surface area contributed by atoms with Gasteiger partial charge in [-0.3, -0.25) is 9.78 Å². The van der Waals surface area contributed by atoms with Crippen LogP contribution in [0.3, 0.4) is 0 Å². The van der Waals surface area contributed by atoms with Gasteiger partial charge in [0.1, 0.15) is 23.0 Å². The lowest BCUT2D eigenvalue weighted by Gasteiger charge is -2.08. The van der Waals surface area contributed by atoms with E-state index in [0.717, 1.165) is 11.3 Å². The smallest absolute Gasteiger partial charge is 0.270 e. The Morgan fingerprint density at radius 1 is 1.18 bits per heavy atom. The molecule has 4 rings (SSSR count). The average Bonchev–Trinajstić information content (AvgIpc) is 3.34. The maximum Gasteiger partial charge on any atom is 0.270 e. The molecule has 1 N–H and O–H groups in total. The molecule has 0 atom stereocenters. The first-order chi connectivity index (χ1) is 13.6. The summed E-state index contributed by atoms with van der Waals surface area (Å²) >= 11 is 0. The number of aromatic nitrogens is 3. The maximum absolute atomic E-state index is 13.3. The van der Waals surface area contributed by atoms with Gasteiger partial charge in [0.05, 0.1) is 5.69 Å². The molecule has 0 aliphatic heterocycles. The SMILES string of the molecule is Cc1ccc(-c2cc(C(=O)NCc3cccnc3)n(-c3ccc(F)cc3)n2)o1. The molecule has 0 spiro atoms. The van der Waals surface area contributed by atoms with Crippen LogP contribution in [0.25, 0.3) is 17.1 Å². The number of nitrogens with zero attached hydrogens (tertiary/aromatic N) is 3. The van der Waals surface area contributed by atoms with E-state index in [2.05, 4.69) is 15.4 Å². The molecule has 0 bridgehead atoms. The number of rotatable bonds is 5. The molecule has 7 heteroatoms. The monoisotopic (exact) mass is 376 g/mol. The maximum atomic E-state index is 13.3. The molecule has 0 radical (unpaired) electrons. The Bertz CT molecular complexity index is 1100. The Labute approximate surface area is 160 Å². The van der Waals surface area contributed by atoms with Crippen LogP contribution in [-0.2, 0) is 6.54 Å². The van der Waals surface area contributed by atoms with Crippen molar-refractivity contribution in [2.24, 2.45) is 0 Å². The molecule has 140 valence electrons. The number of carbonyl (C=O) groups is 1. The molecule has 1 amide bonds. The largest absolute Gasteiger partial charge is 0.460 e. The number of nitrogens with one attached hydrogen (secondary N) is 1. The van der Waals surface area contributed by atoms with Crippen molar-refractivity contribution in [2.75, 3.05) is 0 Å². The summed E-state index contributed by atoms with van der Waals surface area (Å²) in [5, 5.41) is 7.36. The minimum atomic E-state index is -0.361. The summed E-state index contributed by atoms with van der Waals surface area (Å²) in [6.07, 6.45) is 3.36. The Morgan fingerprint density at radius 3 is 2.68 bits per heavy atom. The summed E-state index contributed by atoms with van der Waals surface area (Å²) < 4.78 is 20.4. The second-order valence-corrected chi connectivity index (χ2v) is 6.26. The highest BCUT2D eigenvalue weighted by molar-refractivity contribution is 5.94. The van der Waals surface area contributed by atoms with Gasteiger partial charge in [0.2, 0.25) is 0 Å². The summed E-state index contributed by atoms with van der Waals surface area (Å²) in [6, 6.07) is 14.7. The highest BCUT2D eigenvalue weighted by Crippen LogP contribution is 2.24. The molecule has 0 saturated carbocycles. The molecule has 1 aromatic carbocycles.